The standard InChI is InChI=1S/C28H36N6O5/c1-18-9-7-13-30-20(18)17-31-25(35)22-23(29)32-24(21-11-8-15-37-21)33-26(22)38-16-12-19-10-5-6-14-34(19)27(36)39-28(2,3)4/h7-9,11,13,15,19H,5-6,10,12,14,16-17H2,1-4H3,(H,31,35)(H2,29,32,33). The van der Waals surface area contributed by atoms with Gasteiger partial charge in [0.05, 0.1) is 25.1 Å². The highest BCUT2D eigenvalue weighted by atomic mass is 16.6. The average Bonchev–Trinajstić information content (AvgIpc) is 3.42. The molecule has 39 heavy (non-hydrogen) atoms. The number of likely N-dealkylation sites (tertiary alicyclic amines) is 1. The largest absolute Gasteiger partial charge is 0.477 e. The van der Waals surface area contributed by atoms with Crippen molar-refractivity contribution < 1.29 is 23.5 Å². The minimum absolute atomic E-state index is 0.0327. The second kappa shape index (κ2) is 12.1. The molecule has 1 unspecified atom stereocenters. The summed E-state index contributed by atoms with van der Waals surface area (Å²) < 4.78 is 17.1. The highest BCUT2D eigenvalue weighted by molar-refractivity contribution is 6.00. The Bertz CT molecular complexity index is 1290. The summed E-state index contributed by atoms with van der Waals surface area (Å²) in [7, 11) is 0. The van der Waals surface area contributed by atoms with Gasteiger partial charge in [0.2, 0.25) is 11.7 Å². The molecule has 4 heterocycles. The summed E-state index contributed by atoms with van der Waals surface area (Å²) in [6.45, 7) is 8.52. The van der Waals surface area contributed by atoms with E-state index in [1.807, 2.05) is 39.8 Å². The molecule has 3 aromatic heterocycles. The number of nitrogen functional groups attached to an aromatic ring is 1. The molecule has 1 atom stereocenters. The number of aryl methyl sites for hydroxylation is 1. The molecule has 0 saturated carbocycles. The molecular weight excluding hydrogens is 500 g/mol. The molecule has 3 aromatic rings. The molecule has 0 radical (unpaired) electrons. The first-order chi connectivity index (χ1) is 18.6. The van der Waals surface area contributed by atoms with Crippen molar-refractivity contribution in [2.24, 2.45) is 0 Å². The lowest BCUT2D eigenvalue weighted by Crippen LogP contribution is -2.46. The third kappa shape index (κ3) is 7.24. The molecule has 0 aromatic carbocycles. The second-order valence-electron chi connectivity index (χ2n) is 10.5. The maximum Gasteiger partial charge on any atom is 0.410 e. The number of furan rings is 1. The van der Waals surface area contributed by atoms with Gasteiger partial charge in [-0.2, -0.15) is 4.98 Å². The molecule has 0 aliphatic carbocycles. The van der Waals surface area contributed by atoms with Gasteiger partial charge in [-0.1, -0.05) is 6.07 Å². The molecule has 1 fully saturated rings. The monoisotopic (exact) mass is 536 g/mol. The Kier molecular flexibility index (Phi) is 8.68. The summed E-state index contributed by atoms with van der Waals surface area (Å²) in [5, 5.41) is 2.84. The number of carbonyl (C=O) groups is 2. The topological polar surface area (TPSA) is 146 Å². The molecule has 208 valence electrons. The lowest BCUT2D eigenvalue weighted by Gasteiger charge is -2.36. The van der Waals surface area contributed by atoms with E-state index in [0.717, 1.165) is 30.5 Å². The smallest absolute Gasteiger partial charge is 0.410 e. The maximum absolute atomic E-state index is 13.2. The van der Waals surface area contributed by atoms with Crippen molar-refractivity contribution in [1.82, 2.24) is 25.2 Å². The van der Waals surface area contributed by atoms with Gasteiger partial charge in [0.1, 0.15) is 17.0 Å². The molecule has 1 saturated heterocycles. The van der Waals surface area contributed by atoms with Crippen LogP contribution in [0.1, 0.15) is 68.1 Å². The van der Waals surface area contributed by atoms with E-state index in [1.165, 1.54) is 6.26 Å². The van der Waals surface area contributed by atoms with E-state index in [1.54, 1.807) is 23.2 Å². The van der Waals surface area contributed by atoms with Crippen molar-refractivity contribution in [3.05, 3.63) is 53.5 Å². The van der Waals surface area contributed by atoms with E-state index >= 15 is 0 Å². The maximum atomic E-state index is 13.2. The number of nitrogens with zero attached hydrogens (tertiary/aromatic N) is 4. The van der Waals surface area contributed by atoms with Crippen molar-refractivity contribution in [2.75, 3.05) is 18.9 Å². The van der Waals surface area contributed by atoms with Gasteiger partial charge in [0.15, 0.2) is 5.76 Å². The van der Waals surface area contributed by atoms with Gasteiger partial charge in [-0.3, -0.25) is 9.78 Å². The highest BCUT2D eigenvalue weighted by Gasteiger charge is 2.31. The van der Waals surface area contributed by atoms with E-state index in [4.69, 9.17) is 19.6 Å². The van der Waals surface area contributed by atoms with Crippen LogP contribution in [0.15, 0.2) is 41.1 Å². The number of piperidine rings is 1. The Balaban J connectivity index is 1.51. The van der Waals surface area contributed by atoms with Gasteiger partial charge in [0.25, 0.3) is 5.91 Å². The molecule has 3 N–H and O–H groups in total. The predicted molar refractivity (Wildman–Crippen MR) is 145 cm³/mol. The van der Waals surface area contributed by atoms with Crippen molar-refractivity contribution in [3.8, 4) is 17.5 Å². The zero-order chi connectivity index (χ0) is 28.0. The van der Waals surface area contributed by atoms with E-state index < -0.39 is 11.5 Å². The van der Waals surface area contributed by atoms with Crippen LogP contribution in [-0.2, 0) is 11.3 Å². The van der Waals surface area contributed by atoms with Gasteiger partial charge in [-0.05, 0) is 70.7 Å². The Morgan fingerprint density at radius 2 is 2.03 bits per heavy atom. The number of carbonyl (C=O) groups excluding carboxylic acids is 2. The van der Waals surface area contributed by atoms with Crippen molar-refractivity contribution in [2.45, 2.75) is 71.6 Å². The zero-order valence-corrected chi connectivity index (χ0v) is 22.9. The van der Waals surface area contributed by atoms with Gasteiger partial charge in [0, 0.05) is 25.2 Å². The van der Waals surface area contributed by atoms with Crippen LogP contribution in [0.2, 0.25) is 0 Å². The number of pyridine rings is 1. The molecule has 0 spiro atoms. The first kappa shape index (κ1) is 27.9. The third-order valence-electron chi connectivity index (χ3n) is 6.35. The van der Waals surface area contributed by atoms with Gasteiger partial charge >= 0.3 is 6.09 Å². The van der Waals surface area contributed by atoms with E-state index in [0.29, 0.717) is 18.7 Å². The van der Waals surface area contributed by atoms with Crippen LogP contribution in [0.4, 0.5) is 10.6 Å². The van der Waals surface area contributed by atoms with Crippen LogP contribution in [-0.4, -0.2) is 56.6 Å². The Hall–Kier alpha value is -4.15. The molecule has 11 nitrogen and oxygen atoms in total. The molecule has 1 aliphatic rings. The summed E-state index contributed by atoms with van der Waals surface area (Å²) in [5.41, 5.74) is 7.39. The van der Waals surface area contributed by atoms with Crippen LogP contribution in [0, 0.1) is 6.92 Å². The third-order valence-corrected chi connectivity index (χ3v) is 6.35. The fourth-order valence-electron chi connectivity index (χ4n) is 4.40. The Labute approximate surface area is 228 Å². The first-order valence-electron chi connectivity index (χ1n) is 13.1. The Morgan fingerprint density at radius 1 is 1.21 bits per heavy atom. The number of aromatic nitrogens is 3. The van der Waals surface area contributed by atoms with Crippen molar-refractivity contribution >= 4 is 17.8 Å². The van der Waals surface area contributed by atoms with Crippen molar-refractivity contribution in [1.29, 1.82) is 0 Å². The molecule has 0 bridgehead atoms. The minimum Gasteiger partial charge on any atom is -0.477 e. The van der Waals surface area contributed by atoms with E-state index in [2.05, 4.69) is 20.3 Å². The number of nitrogens with one attached hydrogen (secondary N) is 1. The lowest BCUT2D eigenvalue weighted by atomic mass is 10.0. The fourth-order valence-corrected chi connectivity index (χ4v) is 4.40. The number of rotatable bonds is 8. The first-order valence-corrected chi connectivity index (χ1v) is 13.1. The van der Waals surface area contributed by atoms with Crippen LogP contribution in [0.3, 0.4) is 0 Å². The number of ether oxygens (including phenoxy) is 2. The zero-order valence-electron chi connectivity index (χ0n) is 22.9. The number of hydrogen-bond acceptors (Lipinski definition) is 9. The molecule has 4 rings (SSSR count). The lowest BCUT2D eigenvalue weighted by molar-refractivity contribution is 0.00738. The van der Waals surface area contributed by atoms with Gasteiger partial charge in [-0.25, -0.2) is 9.78 Å². The number of nitrogens with two attached hydrogens (primary N) is 1. The summed E-state index contributed by atoms with van der Waals surface area (Å²) in [6.07, 6.45) is 6.14. The summed E-state index contributed by atoms with van der Waals surface area (Å²) >= 11 is 0. The van der Waals surface area contributed by atoms with E-state index in [-0.39, 0.29) is 48.4 Å². The Morgan fingerprint density at radius 3 is 2.74 bits per heavy atom. The predicted octanol–water partition coefficient (Wildman–Crippen LogP) is 4.51. The average molecular weight is 537 g/mol. The SMILES string of the molecule is Cc1cccnc1CNC(=O)c1c(N)nc(-c2ccco2)nc1OCCC1CCCCN1C(=O)OC(C)(C)C. The molecule has 1 aliphatic heterocycles. The van der Waals surface area contributed by atoms with Crippen LogP contribution < -0.4 is 15.8 Å². The fraction of sp³-hybridized carbons (Fsp3) is 0.464. The van der Waals surface area contributed by atoms with Gasteiger partial charge < -0.3 is 29.8 Å². The van der Waals surface area contributed by atoms with Crippen LogP contribution in [0.25, 0.3) is 11.6 Å². The van der Waals surface area contributed by atoms with Crippen LogP contribution in [0.5, 0.6) is 5.88 Å². The van der Waals surface area contributed by atoms with E-state index in [9.17, 15) is 9.59 Å². The highest BCUT2D eigenvalue weighted by Crippen LogP contribution is 2.28. The minimum atomic E-state index is -0.577. The quantitative estimate of drug-likeness (QED) is 0.424. The van der Waals surface area contributed by atoms with Crippen molar-refractivity contribution in [3.63, 3.8) is 0 Å². The number of amides is 2. The summed E-state index contributed by atoms with van der Waals surface area (Å²) in [4.78, 5) is 40.9. The molecule has 2 amide bonds. The summed E-state index contributed by atoms with van der Waals surface area (Å²) in [6, 6.07) is 7.11. The second-order valence-corrected chi connectivity index (χ2v) is 10.5. The van der Waals surface area contributed by atoms with Gasteiger partial charge in [-0.15, -0.1) is 0 Å². The molecular formula is C28H36N6O5. The number of anilines is 1. The molecule has 11 heteroatoms. The normalized spacial score (nSPS) is 15.6. The number of hydrogen-bond donors (Lipinski definition) is 2. The summed E-state index contributed by atoms with van der Waals surface area (Å²) in [5.74, 6) is 0.133. The van der Waals surface area contributed by atoms with Crippen LogP contribution >= 0.6 is 0 Å².